The molecule has 90 valence electrons. The fourth-order valence-corrected chi connectivity index (χ4v) is 1.21. The summed E-state index contributed by atoms with van der Waals surface area (Å²) in [5.41, 5.74) is -0.0960. The number of carbonyl (C=O) groups is 2. The second-order valence-electron chi connectivity index (χ2n) is 3.07. The molecule has 17 heavy (non-hydrogen) atoms. The number of ether oxygens (including phenoxy) is 1. The highest BCUT2D eigenvalue weighted by Gasteiger charge is 2.11. The Balaban J connectivity index is 2.60. The number of ketones is 1. The smallest absolute Gasteiger partial charge is 0.318 e. The molecule has 0 amide bonds. The van der Waals surface area contributed by atoms with E-state index in [9.17, 15) is 19.7 Å². The molecule has 0 aliphatic heterocycles. The van der Waals surface area contributed by atoms with Gasteiger partial charge in [-0.05, 0) is 12.1 Å². The number of nitro benzene ring substituents is 1. The lowest BCUT2D eigenvalue weighted by molar-refractivity contribution is -0.384. The number of hydrogen-bond acceptors (Lipinski definition) is 5. The number of nitro groups is 1. The van der Waals surface area contributed by atoms with Gasteiger partial charge in [0.05, 0.1) is 10.3 Å². The SMILES string of the molecule is O=C(CBr)CC(=O)Oc1ccc([N+](=O)[O-])cc1. The Hall–Kier alpha value is -1.76. The second kappa shape index (κ2) is 6.09. The number of Topliss-reactive ketones (excluding diaryl/α,β-unsaturated/α-hetero) is 1. The molecule has 1 aromatic carbocycles. The minimum Gasteiger partial charge on any atom is -0.426 e. The van der Waals surface area contributed by atoms with Gasteiger partial charge >= 0.3 is 5.97 Å². The fraction of sp³-hybridized carbons (Fsp3) is 0.200. The zero-order valence-corrected chi connectivity index (χ0v) is 10.2. The van der Waals surface area contributed by atoms with Gasteiger partial charge in [-0.3, -0.25) is 19.7 Å². The minimum absolute atomic E-state index is 0.0857. The van der Waals surface area contributed by atoms with Crippen molar-refractivity contribution in [3.63, 3.8) is 0 Å². The van der Waals surface area contributed by atoms with Crippen LogP contribution in [0.15, 0.2) is 24.3 Å². The van der Waals surface area contributed by atoms with E-state index in [-0.39, 0.29) is 29.0 Å². The molecule has 0 aliphatic rings. The Bertz CT molecular complexity index is 443. The first-order valence-corrected chi connectivity index (χ1v) is 5.68. The first-order valence-electron chi connectivity index (χ1n) is 4.55. The highest BCUT2D eigenvalue weighted by atomic mass is 79.9. The van der Waals surface area contributed by atoms with Crippen LogP contribution >= 0.6 is 15.9 Å². The predicted octanol–water partition coefficient (Wildman–Crippen LogP) is 1.85. The van der Waals surface area contributed by atoms with E-state index in [1.807, 2.05) is 0 Å². The monoisotopic (exact) mass is 301 g/mol. The van der Waals surface area contributed by atoms with Gasteiger partial charge in [-0.2, -0.15) is 0 Å². The summed E-state index contributed by atoms with van der Waals surface area (Å²) in [5, 5.41) is 10.5. The molecule has 0 heterocycles. The van der Waals surface area contributed by atoms with Crippen LogP contribution in [-0.2, 0) is 9.59 Å². The molecule has 0 spiro atoms. The Morgan fingerprint density at radius 3 is 2.35 bits per heavy atom. The molecule has 0 N–H and O–H groups in total. The third kappa shape index (κ3) is 4.31. The first-order chi connectivity index (χ1) is 8.02. The summed E-state index contributed by atoms with van der Waals surface area (Å²) >= 11 is 2.92. The molecule has 0 saturated heterocycles. The quantitative estimate of drug-likeness (QED) is 0.207. The third-order valence-corrected chi connectivity index (χ3v) is 2.40. The van der Waals surface area contributed by atoms with Gasteiger partial charge in [0.15, 0.2) is 5.78 Å². The summed E-state index contributed by atoms with van der Waals surface area (Å²) in [7, 11) is 0. The standard InChI is InChI=1S/C10H8BrNO5/c11-6-8(13)5-10(14)17-9-3-1-7(2-4-9)12(15)16/h1-4H,5-6H2. The maximum Gasteiger partial charge on any atom is 0.318 e. The largest absolute Gasteiger partial charge is 0.426 e. The van der Waals surface area contributed by atoms with E-state index < -0.39 is 10.9 Å². The van der Waals surface area contributed by atoms with Crippen LogP contribution in [0, 0.1) is 10.1 Å². The predicted molar refractivity (Wildman–Crippen MR) is 62.1 cm³/mol. The van der Waals surface area contributed by atoms with Crippen molar-refractivity contribution in [2.75, 3.05) is 5.33 Å². The number of carbonyl (C=O) groups excluding carboxylic acids is 2. The van der Waals surface area contributed by atoms with E-state index in [4.69, 9.17) is 4.74 Å². The highest BCUT2D eigenvalue weighted by molar-refractivity contribution is 9.09. The topological polar surface area (TPSA) is 86.5 Å². The van der Waals surface area contributed by atoms with Crippen LogP contribution in [0.2, 0.25) is 0 Å². The van der Waals surface area contributed by atoms with Crippen molar-refractivity contribution < 1.29 is 19.2 Å². The molecule has 0 bridgehead atoms. The molecular formula is C10H8BrNO5. The second-order valence-corrected chi connectivity index (χ2v) is 3.63. The van der Waals surface area contributed by atoms with E-state index in [0.29, 0.717) is 0 Å². The van der Waals surface area contributed by atoms with Crippen LogP contribution < -0.4 is 4.74 Å². The third-order valence-electron chi connectivity index (χ3n) is 1.77. The van der Waals surface area contributed by atoms with E-state index in [0.717, 1.165) is 0 Å². The minimum atomic E-state index is -0.691. The summed E-state index contributed by atoms with van der Waals surface area (Å²) in [6, 6.07) is 5.03. The molecule has 0 saturated carbocycles. The van der Waals surface area contributed by atoms with Crippen molar-refractivity contribution >= 4 is 33.4 Å². The number of esters is 1. The average molecular weight is 302 g/mol. The van der Waals surface area contributed by atoms with Crippen molar-refractivity contribution in [2.24, 2.45) is 0 Å². The molecular weight excluding hydrogens is 294 g/mol. The Morgan fingerprint density at radius 2 is 1.88 bits per heavy atom. The summed E-state index contributed by atoms with van der Waals surface area (Å²) in [6.45, 7) is 0. The lowest BCUT2D eigenvalue weighted by Crippen LogP contribution is -2.14. The number of alkyl halides is 1. The number of halogens is 1. The average Bonchev–Trinajstić information content (AvgIpc) is 2.29. The van der Waals surface area contributed by atoms with Gasteiger partial charge in [0.2, 0.25) is 0 Å². The van der Waals surface area contributed by atoms with Crippen LogP contribution in [0.4, 0.5) is 5.69 Å². The molecule has 0 aliphatic carbocycles. The lowest BCUT2D eigenvalue weighted by atomic mass is 10.3. The van der Waals surface area contributed by atoms with Crippen molar-refractivity contribution in [1.82, 2.24) is 0 Å². The van der Waals surface area contributed by atoms with Crippen molar-refractivity contribution in [3.05, 3.63) is 34.4 Å². The van der Waals surface area contributed by atoms with Gasteiger partial charge in [-0.1, -0.05) is 15.9 Å². The molecule has 0 radical (unpaired) electrons. The number of benzene rings is 1. The Kier molecular flexibility index (Phi) is 4.77. The van der Waals surface area contributed by atoms with Crippen LogP contribution in [0.25, 0.3) is 0 Å². The van der Waals surface area contributed by atoms with Gasteiger partial charge < -0.3 is 4.74 Å². The normalized spacial score (nSPS) is 9.71. The lowest BCUT2D eigenvalue weighted by Gasteiger charge is -2.02. The number of hydrogen-bond donors (Lipinski definition) is 0. The maximum atomic E-state index is 11.2. The fourth-order valence-electron chi connectivity index (χ4n) is 1.01. The van der Waals surface area contributed by atoms with E-state index in [2.05, 4.69) is 15.9 Å². The Morgan fingerprint density at radius 1 is 1.29 bits per heavy atom. The van der Waals surface area contributed by atoms with Crippen LogP contribution in [0.3, 0.4) is 0 Å². The maximum absolute atomic E-state index is 11.2. The zero-order valence-electron chi connectivity index (χ0n) is 8.59. The van der Waals surface area contributed by atoms with Crippen molar-refractivity contribution in [1.29, 1.82) is 0 Å². The number of rotatable bonds is 5. The van der Waals surface area contributed by atoms with Crippen LogP contribution in [0.5, 0.6) is 5.75 Å². The molecule has 1 aromatic rings. The van der Waals surface area contributed by atoms with Crippen molar-refractivity contribution in [2.45, 2.75) is 6.42 Å². The molecule has 0 fully saturated rings. The summed E-state index contributed by atoms with van der Waals surface area (Å²) in [5.74, 6) is -0.816. The number of non-ortho nitro benzene ring substituents is 1. The Labute approximate surface area is 105 Å². The number of nitrogens with zero attached hydrogens (tertiary/aromatic N) is 1. The molecule has 0 aromatic heterocycles. The molecule has 0 unspecified atom stereocenters. The van der Waals surface area contributed by atoms with Crippen molar-refractivity contribution in [3.8, 4) is 5.75 Å². The van der Waals surface area contributed by atoms with Gasteiger partial charge in [-0.25, -0.2) is 0 Å². The van der Waals surface area contributed by atoms with Crippen LogP contribution in [-0.4, -0.2) is 22.0 Å². The first kappa shape index (κ1) is 13.3. The van der Waals surface area contributed by atoms with Gasteiger partial charge in [0.1, 0.15) is 12.2 Å². The van der Waals surface area contributed by atoms with E-state index >= 15 is 0 Å². The highest BCUT2D eigenvalue weighted by Crippen LogP contribution is 2.17. The molecule has 7 heteroatoms. The zero-order chi connectivity index (χ0) is 12.8. The summed E-state index contributed by atoms with van der Waals surface area (Å²) < 4.78 is 4.82. The van der Waals surface area contributed by atoms with Gasteiger partial charge in [-0.15, -0.1) is 0 Å². The summed E-state index contributed by atoms with van der Waals surface area (Å²) in [6.07, 6.45) is -0.331. The van der Waals surface area contributed by atoms with Gasteiger partial charge in [0, 0.05) is 12.1 Å². The molecule has 0 atom stereocenters. The van der Waals surface area contributed by atoms with Crippen LogP contribution in [0.1, 0.15) is 6.42 Å². The van der Waals surface area contributed by atoms with Gasteiger partial charge in [0.25, 0.3) is 5.69 Å². The van der Waals surface area contributed by atoms with E-state index in [1.165, 1.54) is 24.3 Å². The van der Waals surface area contributed by atoms with E-state index in [1.54, 1.807) is 0 Å². The molecule has 1 rings (SSSR count). The summed E-state index contributed by atoms with van der Waals surface area (Å²) in [4.78, 5) is 31.9. The molecule has 6 nitrogen and oxygen atoms in total.